The number of hydrogen-bond acceptors (Lipinski definition) is 0. The molecule has 0 saturated heterocycles. The first-order valence-electron chi connectivity index (χ1n) is 4.37. The van der Waals surface area contributed by atoms with Gasteiger partial charge < -0.3 is 0 Å². The van der Waals surface area contributed by atoms with E-state index >= 15 is 0 Å². The van der Waals surface area contributed by atoms with E-state index in [2.05, 4.69) is 41.9 Å². The molecule has 0 aliphatic carbocycles. The zero-order valence-corrected chi connectivity index (χ0v) is 8.02. The van der Waals surface area contributed by atoms with Crippen LogP contribution < -0.4 is 0 Å². The third-order valence-electron chi connectivity index (χ3n) is 2.03. The second-order valence-electron chi connectivity index (χ2n) is 3.97. The monoisotopic (exact) mass is 139 g/mol. The summed E-state index contributed by atoms with van der Waals surface area (Å²) in [5, 5.41) is 0. The molecule has 1 unspecified atom stereocenters. The molecule has 0 aliphatic heterocycles. The van der Waals surface area contributed by atoms with E-state index in [-0.39, 0.29) is 0 Å². The highest BCUT2D eigenvalue weighted by Crippen LogP contribution is 2.17. The highest BCUT2D eigenvalue weighted by atomic mass is 14.0. The molecule has 0 aromatic carbocycles. The molecular weight excluding hydrogens is 119 g/mol. The van der Waals surface area contributed by atoms with Crippen molar-refractivity contribution in [1.29, 1.82) is 0 Å². The summed E-state index contributed by atoms with van der Waals surface area (Å²) in [5.74, 6) is 2.40. The van der Waals surface area contributed by atoms with Gasteiger partial charge in [-0.3, -0.25) is 0 Å². The molecule has 1 atom stereocenters. The molecule has 0 bridgehead atoms. The molecule has 10 heavy (non-hydrogen) atoms. The predicted octanol–water partition coefficient (Wildman–Crippen LogP) is 3.23. The maximum atomic E-state index is 2.44. The normalized spacial score (nSPS) is 14.3. The first kappa shape index (κ1) is 10.1. The van der Waals surface area contributed by atoms with Crippen LogP contribution >= 0.6 is 0 Å². The summed E-state index contributed by atoms with van der Waals surface area (Å²) < 4.78 is 0. The molecule has 0 nitrogen and oxygen atoms in total. The van der Waals surface area contributed by atoms with Gasteiger partial charge in [0.15, 0.2) is 0 Å². The lowest BCUT2D eigenvalue weighted by Gasteiger charge is -2.14. The van der Waals surface area contributed by atoms with Crippen LogP contribution in [-0.2, 0) is 0 Å². The summed E-state index contributed by atoms with van der Waals surface area (Å²) in [6, 6.07) is 0. The minimum Gasteiger partial charge on any atom is -0.0777 e. The molecule has 0 saturated carbocycles. The minimum absolute atomic E-state index is 0.780. The molecule has 0 amide bonds. The fourth-order valence-corrected chi connectivity index (χ4v) is 0.759. The third kappa shape index (κ3) is 4.90. The molecule has 0 aromatic heterocycles. The summed E-state index contributed by atoms with van der Waals surface area (Å²) in [7, 11) is 2.44. The van der Waals surface area contributed by atoms with Gasteiger partial charge in [-0.25, -0.2) is 0 Å². The first-order chi connectivity index (χ1) is 4.54. The summed E-state index contributed by atoms with van der Waals surface area (Å²) >= 11 is 0. The highest BCUT2D eigenvalue weighted by Gasteiger charge is 2.08. The van der Waals surface area contributed by atoms with Crippen molar-refractivity contribution >= 4 is 7.28 Å². The van der Waals surface area contributed by atoms with Crippen molar-refractivity contribution in [2.24, 2.45) is 11.8 Å². The van der Waals surface area contributed by atoms with Crippen LogP contribution in [0, 0.1) is 11.8 Å². The zero-order valence-electron chi connectivity index (χ0n) is 8.02. The van der Waals surface area contributed by atoms with E-state index in [0.29, 0.717) is 0 Å². The van der Waals surface area contributed by atoms with Gasteiger partial charge >= 0.3 is 0 Å². The van der Waals surface area contributed by atoms with Gasteiger partial charge in [-0.15, -0.1) is 0 Å². The van der Waals surface area contributed by atoms with Gasteiger partial charge in [-0.2, -0.15) is 0 Å². The Bertz CT molecular complexity index is 76.8. The molecule has 59 valence electrons. The topological polar surface area (TPSA) is 0 Å². The molecule has 1 radical (unpaired) electrons. The summed E-state index contributed by atoms with van der Waals surface area (Å²) in [6.45, 7) is 11.4. The molecule has 1 heteroatoms. The van der Waals surface area contributed by atoms with Crippen LogP contribution in [0.2, 0.25) is 12.1 Å². The van der Waals surface area contributed by atoms with Crippen molar-refractivity contribution in [2.45, 2.75) is 46.8 Å². The van der Waals surface area contributed by atoms with Crippen molar-refractivity contribution in [1.82, 2.24) is 0 Å². The predicted molar refractivity (Wildman–Crippen MR) is 49.7 cm³/mol. The molecular formula is C9H20B. The maximum Gasteiger partial charge on any atom is 0.113 e. The Morgan fingerprint density at radius 2 is 1.50 bits per heavy atom. The van der Waals surface area contributed by atoms with Crippen molar-refractivity contribution in [3.8, 4) is 0 Å². The van der Waals surface area contributed by atoms with Crippen molar-refractivity contribution < 1.29 is 0 Å². The standard InChI is InChI=1S/C9H20B/c1-7(2)6-10-9(5)8(3)4/h7-9H,6H2,1-5H3. The van der Waals surface area contributed by atoms with E-state index in [4.69, 9.17) is 0 Å². The lowest BCUT2D eigenvalue weighted by molar-refractivity contribution is 0.609. The fraction of sp³-hybridized carbons (Fsp3) is 1.00. The second-order valence-corrected chi connectivity index (χ2v) is 3.97. The molecule has 0 aliphatic rings. The Hall–Kier alpha value is 0.0649. The summed E-state index contributed by atoms with van der Waals surface area (Å²) in [4.78, 5) is 0. The van der Waals surface area contributed by atoms with Gasteiger partial charge in [0.2, 0.25) is 0 Å². The lowest BCUT2D eigenvalue weighted by atomic mass is 9.57. The average molecular weight is 139 g/mol. The molecule has 0 fully saturated rings. The Morgan fingerprint density at radius 1 is 1.00 bits per heavy atom. The number of rotatable bonds is 4. The van der Waals surface area contributed by atoms with E-state index in [1.165, 1.54) is 6.32 Å². The van der Waals surface area contributed by atoms with Gasteiger partial charge in [0.25, 0.3) is 0 Å². The van der Waals surface area contributed by atoms with E-state index < -0.39 is 0 Å². The van der Waals surface area contributed by atoms with Gasteiger partial charge in [-0.05, 0) is 0 Å². The van der Waals surface area contributed by atoms with Gasteiger partial charge in [-0.1, -0.05) is 58.6 Å². The average Bonchev–Trinajstić information content (AvgIpc) is 1.82. The third-order valence-corrected chi connectivity index (χ3v) is 2.03. The van der Waals surface area contributed by atoms with Crippen LogP contribution in [0.25, 0.3) is 0 Å². The van der Waals surface area contributed by atoms with Crippen molar-refractivity contribution in [3.63, 3.8) is 0 Å². The molecule has 0 spiro atoms. The Morgan fingerprint density at radius 3 is 1.80 bits per heavy atom. The van der Waals surface area contributed by atoms with Crippen LogP contribution in [0.4, 0.5) is 0 Å². The zero-order chi connectivity index (χ0) is 8.15. The van der Waals surface area contributed by atoms with Crippen LogP contribution in [-0.4, -0.2) is 7.28 Å². The van der Waals surface area contributed by atoms with E-state index in [1.54, 1.807) is 0 Å². The van der Waals surface area contributed by atoms with E-state index in [0.717, 1.165) is 17.7 Å². The van der Waals surface area contributed by atoms with Gasteiger partial charge in [0.1, 0.15) is 7.28 Å². The first-order valence-corrected chi connectivity index (χ1v) is 4.37. The molecule has 0 N–H and O–H groups in total. The number of hydrogen-bond donors (Lipinski definition) is 0. The minimum atomic E-state index is 0.780. The Kier molecular flexibility index (Phi) is 4.85. The van der Waals surface area contributed by atoms with Crippen LogP contribution in [0.1, 0.15) is 34.6 Å². The quantitative estimate of drug-likeness (QED) is 0.524. The van der Waals surface area contributed by atoms with Gasteiger partial charge in [0.05, 0.1) is 0 Å². The lowest BCUT2D eigenvalue weighted by Crippen LogP contribution is -2.08. The smallest absolute Gasteiger partial charge is 0.0777 e. The largest absolute Gasteiger partial charge is 0.113 e. The van der Waals surface area contributed by atoms with E-state index in [1.807, 2.05) is 0 Å². The Balaban J connectivity index is 3.30. The molecule has 0 rings (SSSR count). The second kappa shape index (κ2) is 4.82. The SMILES string of the molecule is CC(C)C[B]C(C)C(C)C. The van der Waals surface area contributed by atoms with Crippen LogP contribution in [0.15, 0.2) is 0 Å². The molecule has 0 heterocycles. The van der Waals surface area contributed by atoms with Gasteiger partial charge in [0, 0.05) is 0 Å². The highest BCUT2D eigenvalue weighted by molar-refractivity contribution is 6.37. The van der Waals surface area contributed by atoms with Crippen LogP contribution in [0.3, 0.4) is 0 Å². The van der Waals surface area contributed by atoms with Crippen molar-refractivity contribution in [3.05, 3.63) is 0 Å². The van der Waals surface area contributed by atoms with E-state index in [9.17, 15) is 0 Å². The van der Waals surface area contributed by atoms with Crippen LogP contribution in [0.5, 0.6) is 0 Å². The summed E-state index contributed by atoms with van der Waals surface area (Å²) in [6.07, 6.45) is 1.26. The fourth-order valence-electron chi connectivity index (χ4n) is 0.759. The van der Waals surface area contributed by atoms with Crippen molar-refractivity contribution in [2.75, 3.05) is 0 Å². The molecule has 0 aromatic rings. The Labute approximate surface area is 66.6 Å². The summed E-state index contributed by atoms with van der Waals surface area (Å²) in [5.41, 5.74) is 0. The maximum absolute atomic E-state index is 2.44.